The number of rotatable bonds is 6. The number of fused-ring (bicyclic) bond motifs is 1. The highest BCUT2D eigenvalue weighted by molar-refractivity contribution is 9.10. The molecule has 0 spiro atoms. The lowest BCUT2D eigenvalue weighted by Gasteiger charge is -2.13. The number of hydrogen-bond acceptors (Lipinski definition) is 4. The average Bonchev–Trinajstić information content (AvgIpc) is 2.69. The van der Waals surface area contributed by atoms with Crippen LogP contribution in [0.3, 0.4) is 0 Å². The highest BCUT2D eigenvalue weighted by Crippen LogP contribution is 2.22. The molecule has 0 fully saturated rings. The third-order valence-electron chi connectivity index (χ3n) is 3.98. The SMILES string of the molecule is COc1ccc(Br)c(/C=N\NC(=O)[C@@H](C)Oc2ccc3ccccc3c2)c1. The highest BCUT2D eigenvalue weighted by Gasteiger charge is 2.14. The third kappa shape index (κ3) is 4.86. The van der Waals surface area contributed by atoms with E-state index in [2.05, 4.69) is 26.5 Å². The van der Waals surface area contributed by atoms with Crippen LogP contribution in [-0.4, -0.2) is 25.3 Å². The summed E-state index contributed by atoms with van der Waals surface area (Å²) in [7, 11) is 1.59. The molecule has 27 heavy (non-hydrogen) atoms. The van der Waals surface area contributed by atoms with Gasteiger partial charge in [0, 0.05) is 10.0 Å². The first-order valence-corrected chi connectivity index (χ1v) is 9.18. The van der Waals surface area contributed by atoms with E-state index >= 15 is 0 Å². The molecule has 0 aliphatic carbocycles. The molecule has 0 saturated carbocycles. The van der Waals surface area contributed by atoms with E-state index in [0.29, 0.717) is 11.5 Å². The summed E-state index contributed by atoms with van der Waals surface area (Å²) in [5.41, 5.74) is 3.29. The van der Waals surface area contributed by atoms with Gasteiger partial charge in [0.05, 0.1) is 13.3 Å². The maximum Gasteiger partial charge on any atom is 0.280 e. The molecule has 138 valence electrons. The lowest BCUT2D eigenvalue weighted by atomic mass is 10.1. The van der Waals surface area contributed by atoms with Gasteiger partial charge in [-0.1, -0.05) is 46.3 Å². The molecule has 6 heteroatoms. The van der Waals surface area contributed by atoms with Crippen LogP contribution < -0.4 is 14.9 Å². The summed E-state index contributed by atoms with van der Waals surface area (Å²) in [5.74, 6) is 1.01. The summed E-state index contributed by atoms with van der Waals surface area (Å²) in [4.78, 5) is 12.2. The Morgan fingerprint density at radius 1 is 1.07 bits per heavy atom. The first-order chi connectivity index (χ1) is 13.1. The molecule has 1 atom stereocenters. The van der Waals surface area contributed by atoms with E-state index in [-0.39, 0.29) is 5.91 Å². The number of ether oxygens (including phenoxy) is 2. The summed E-state index contributed by atoms with van der Waals surface area (Å²) < 4.78 is 11.8. The Labute approximate surface area is 166 Å². The van der Waals surface area contributed by atoms with Crippen molar-refractivity contribution in [1.29, 1.82) is 0 Å². The van der Waals surface area contributed by atoms with Gasteiger partial charge >= 0.3 is 0 Å². The van der Waals surface area contributed by atoms with E-state index in [1.807, 2.05) is 60.7 Å². The highest BCUT2D eigenvalue weighted by atomic mass is 79.9. The van der Waals surface area contributed by atoms with Crippen LogP contribution in [0.25, 0.3) is 10.8 Å². The Morgan fingerprint density at radius 2 is 1.81 bits per heavy atom. The number of halogens is 1. The average molecular weight is 427 g/mol. The molecule has 0 bridgehead atoms. The summed E-state index contributed by atoms with van der Waals surface area (Å²) in [6.07, 6.45) is 0.866. The van der Waals surface area contributed by atoms with Crippen LogP contribution in [0.1, 0.15) is 12.5 Å². The van der Waals surface area contributed by atoms with E-state index in [4.69, 9.17) is 9.47 Å². The van der Waals surface area contributed by atoms with Gasteiger partial charge in [-0.25, -0.2) is 5.43 Å². The van der Waals surface area contributed by atoms with E-state index in [0.717, 1.165) is 20.8 Å². The second kappa shape index (κ2) is 8.68. The number of nitrogens with one attached hydrogen (secondary N) is 1. The van der Waals surface area contributed by atoms with Gasteiger partial charge in [0.15, 0.2) is 6.10 Å². The number of carbonyl (C=O) groups is 1. The van der Waals surface area contributed by atoms with Crippen LogP contribution in [0, 0.1) is 0 Å². The molecule has 0 aliphatic rings. The fraction of sp³-hybridized carbons (Fsp3) is 0.143. The second-order valence-corrected chi connectivity index (χ2v) is 6.75. The third-order valence-corrected chi connectivity index (χ3v) is 4.71. The smallest absolute Gasteiger partial charge is 0.280 e. The van der Waals surface area contributed by atoms with Gasteiger partial charge in [-0.05, 0) is 48.0 Å². The lowest BCUT2D eigenvalue weighted by molar-refractivity contribution is -0.127. The Morgan fingerprint density at radius 3 is 2.59 bits per heavy atom. The van der Waals surface area contributed by atoms with Crippen molar-refractivity contribution in [1.82, 2.24) is 5.43 Å². The number of amides is 1. The summed E-state index contributed by atoms with van der Waals surface area (Å²) in [6, 6.07) is 19.2. The quantitative estimate of drug-likeness (QED) is 0.465. The minimum absolute atomic E-state index is 0.335. The van der Waals surface area contributed by atoms with Crippen LogP contribution in [0.5, 0.6) is 11.5 Å². The predicted octanol–water partition coefficient (Wildman–Crippen LogP) is 4.53. The van der Waals surface area contributed by atoms with Crippen molar-refractivity contribution in [2.24, 2.45) is 5.10 Å². The van der Waals surface area contributed by atoms with Crippen molar-refractivity contribution in [2.45, 2.75) is 13.0 Å². The predicted molar refractivity (Wildman–Crippen MR) is 110 cm³/mol. The molecule has 0 heterocycles. The van der Waals surface area contributed by atoms with Crippen LogP contribution in [0.15, 0.2) is 70.2 Å². The number of nitrogens with zero attached hydrogens (tertiary/aromatic N) is 1. The molecule has 1 amide bonds. The maximum absolute atomic E-state index is 12.2. The summed E-state index contributed by atoms with van der Waals surface area (Å²) in [5, 5.41) is 6.18. The van der Waals surface area contributed by atoms with Crippen molar-refractivity contribution >= 4 is 38.8 Å². The van der Waals surface area contributed by atoms with Gasteiger partial charge in [-0.15, -0.1) is 0 Å². The van der Waals surface area contributed by atoms with Crippen molar-refractivity contribution in [3.8, 4) is 11.5 Å². The zero-order valence-corrected chi connectivity index (χ0v) is 16.6. The Balaban J connectivity index is 1.61. The van der Waals surface area contributed by atoms with E-state index in [1.54, 1.807) is 20.2 Å². The Kier molecular flexibility index (Phi) is 6.08. The van der Waals surface area contributed by atoms with Gasteiger partial charge in [0.25, 0.3) is 5.91 Å². The summed E-state index contributed by atoms with van der Waals surface area (Å²) in [6.45, 7) is 1.68. The molecule has 0 aromatic heterocycles. The molecule has 0 saturated heterocycles. The van der Waals surface area contributed by atoms with Crippen LogP contribution in [0.2, 0.25) is 0 Å². The second-order valence-electron chi connectivity index (χ2n) is 5.89. The minimum Gasteiger partial charge on any atom is -0.497 e. The van der Waals surface area contributed by atoms with Crippen molar-refractivity contribution in [3.05, 3.63) is 70.7 Å². The van der Waals surface area contributed by atoms with Gasteiger partial charge in [-0.3, -0.25) is 4.79 Å². The van der Waals surface area contributed by atoms with E-state index < -0.39 is 6.10 Å². The molecule has 1 N–H and O–H groups in total. The minimum atomic E-state index is -0.683. The van der Waals surface area contributed by atoms with Crippen LogP contribution in [0.4, 0.5) is 0 Å². The van der Waals surface area contributed by atoms with Gasteiger partial charge in [0.2, 0.25) is 0 Å². The monoisotopic (exact) mass is 426 g/mol. The van der Waals surface area contributed by atoms with Crippen LogP contribution >= 0.6 is 15.9 Å². The fourth-order valence-electron chi connectivity index (χ4n) is 2.50. The van der Waals surface area contributed by atoms with Crippen LogP contribution in [-0.2, 0) is 4.79 Å². The van der Waals surface area contributed by atoms with Crippen molar-refractivity contribution in [3.63, 3.8) is 0 Å². The molecular weight excluding hydrogens is 408 g/mol. The van der Waals surface area contributed by atoms with Crippen molar-refractivity contribution in [2.75, 3.05) is 7.11 Å². The zero-order valence-electron chi connectivity index (χ0n) is 15.0. The molecule has 0 unspecified atom stereocenters. The largest absolute Gasteiger partial charge is 0.497 e. The van der Waals surface area contributed by atoms with Gasteiger partial charge in [0.1, 0.15) is 11.5 Å². The topological polar surface area (TPSA) is 59.9 Å². The normalized spacial score (nSPS) is 12.1. The zero-order chi connectivity index (χ0) is 19.2. The van der Waals surface area contributed by atoms with Crippen molar-refractivity contribution < 1.29 is 14.3 Å². The molecule has 5 nitrogen and oxygen atoms in total. The number of hydrazone groups is 1. The van der Waals surface area contributed by atoms with Gasteiger partial charge < -0.3 is 9.47 Å². The number of carbonyl (C=O) groups excluding carboxylic acids is 1. The summed E-state index contributed by atoms with van der Waals surface area (Å²) >= 11 is 3.44. The standard InChI is InChI=1S/C21H19BrN2O3/c1-14(27-19-8-7-15-5-3-4-6-16(15)11-19)21(25)24-23-13-17-12-18(26-2)9-10-20(17)22/h3-14H,1-2H3,(H,24,25)/b23-13-/t14-/m1/s1. The molecule has 0 aliphatic heterocycles. The van der Waals surface area contributed by atoms with E-state index in [9.17, 15) is 4.79 Å². The molecular formula is C21H19BrN2O3. The number of methoxy groups -OCH3 is 1. The molecule has 3 aromatic rings. The van der Waals surface area contributed by atoms with Gasteiger partial charge in [-0.2, -0.15) is 5.10 Å². The number of benzene rings is 3. The van der Waals surface area contributed by atoms with E-state index in [1.165, 1.54) is 0 Å². The Bertz CT molecular complexity index is 988. The fourth-order valence-corrected chi connectivity index (χ4v) is 2.85. The first-order valence-electron chi connectivity index (χ1n) is 8.39. The number of hydrogen-bond donors (Lipinski definition) is 1. The molecule has 0 radical (unpaired) electrons. The molecule has 3 rings (SSSR count). The maximum atomic E-state index is 12.2. The molecule has 3 aromatic carbocycles. The lowest BCUT2D eigenvalue weighted by Crippen LogP contribution is -2.33. The Hall–Kier alpha value is -2.86. The first kappa shape index (κ1) is 18.9.